The fourth-order valence-corrected chi connectivity index (χ4v) is 3.49. The zero-order valence-corrected chi connectivity index (χ0v) is 15.2. The van der Waals surface area contributed by atoms with Gasteiger partial charge in [0, 0.05) is 25.2 Å². The van der Waals surface area contributed by atoms with Crippen LogP contribution in [0, 0.1) is 0 Å². The number of hydrogen-bond acceptors (Lipinski definition) is 6. The molecule has 0 radical (unpaired) electrons. The maximum Gasteiger partial charge on any atom is 0.409 e. The van der Waals surface area contributed by atoms with Crippen molar-refractivity contribution < 1.29 is 14.3 Å². The normalized spacial score (nSPS) is 18.6. The number of carbonyl (C=O) groups is 2. The van der Waals surface area contributed by atoms with Crippen LogP contribution in [0.4, 0.5) is 10.6 Å². The summed E-state index contributed by atoms with van der Waals surface area (Å²) in [5.41, 5.74) is 0.347. The molecule has 1 aromatic rings. The van der Waals surface area contributed by atoms with Crippen LogP contribution in [0.3, 0.4) is 0 Å². The lowest BCUT2D eigenvalue weighted by atomic mass is 10.1. The highest BCUT2D eigenvalue weighted by molar-refractivity contribution is 5.92. The van der Waals surface area contributed by atoms with Crippen LogP contribution in [0.2, 0.25) is 0 Å². The van der Waals surface area contributed by atoms with Gasteiger partial charge in [-0.2, -0.15) is 0 Å². The topological polar surface area (TPSA) is 96.5 Å². The molecule has 8 nitrogen and oxygen atoms in total. The Balaban J connectivity index is 1.46. The molecule has 8 heteroatoms. The summed E-state index contributed by atoms with van der Waals surface area (Å²) in [4.78, 5) is 25.6. The molecule has 3 rings (SSSR count). The number of likely N-dealkylation sites (tertiary alicyclic amines) is 1. The van der Waals surface area contributed by atoms with Gasteiger partial charge < -0.3 is 20.3 Å². The molecule has 2 N–H and O–H groups in total. The molecular weight excluding hydrogens is 334 g/mol. The van der Waals surface area contributed by atoms with Crippen molar-refractivity contribution in [2.45, 2.75) is 57.5 Å². The molecule has 1 aromatic heterocycles. The molecular formula is C18H27N5O3. The van der Waals surface area contributed by atoms with Crippen molar-refractivity contribution in [2.24, 2.45) is 0 Å². The van der Waals surface area contributed by atoms with Crippen LogP contribution in [0.25, 0.3) is 0 Å². The maximum absolute atomic E-state index is 12.2. The summed E-state index contributed by atoms with van der Waals surface area (Å²) in [6.07, 6.45) is 5.84. The van der Waals surface area contributed by atoms with Crippen molar-refractivity contribution in [3.05, 3.63) is 17.8 Å². The number of carbonyl (C=O) groups excluding carboxylic acids is 2. The first kappa shape index (κ1) is 18.4. The zero-order chi connectivity index (χ0) is 18.4. The third-order valence-corrected chi connectivity index (χ3v) is 4.96. The van der Waals surface area contributed by atoms with Crippen molar-refractivity contribution in [3.8, 4) is 0 Å². The molecule has 2 amide bonds. The number of rotatable bonds is 5. The van der Waals surface area contributed by atoms with Gasteiger partial charge in [0.25, 0.3) is 5.91 Å². The molecule has 0 unspecified atom stereocenters. The summed E-state index contributed by atoms with van der Waals surface area (Å²) in [6, 6.07) is 3.99. The molecule has 1 saturated carbocycles. The van der Waals surface area contributed by atoms with Gasteiger partial charge in [-0.25, -0.2) is 4.79 Å². The van der Waals surface area contributed by atoms with Crippen molar-refractivity contribution in [3.63, 3.8) is 0 Å². The van der Waals surface area contributed by atoms with Gasteiger partial charge in [-0.1, -0.05) is 12.8 Å². The predicted molar refractivity (Wildman–Crippen MR) is 97.0 cm³/mol. The van der Waals surface area contributed by atoms with Crippen LogP contribution in [0.1, 0.15) is 55.9 Å². The summed E-state index contributed by atoms with van der Waals surface area (Å²) in [5, 5.41) is 14.5. The Morgan fingerprint density at radius 1 is 1.12 bits per heavy atom. The van der Waals surface area contributed by atoms with E-state index in [0.29, 0.717) is 31.2 Å². The number of nitrogens with one attached hydrogen (secondary N) is 2. The van der Waals surface area contributed by atoms with Crippen LogP contribution < -0.4 is 10.6 Å². The molecule has 1 saturated heterocycles. The first-order valence-corrected chi connectivity index (χ1v) is 9.48. The lowest BCUT2D eigenvalue weighted by molar-refractivity contribution is 0.0931. The maximum atomic E-state index is 12.2. The molecule has 1 aliphatic heterocycles. The second-order valence-electron chi connectivity index (χ2n) is 6.86. The Hall–Kier alpha value is -2.38. The first-order valence-electron chi connectivity index (χ1n) is 9.48. The number of aromatic nitrogens is 2. The summed E-state index contributed by atoms with van der Waals surface area (Å²) in [6.45, 7) is 3.52. The van der Waals surface area contributed by atoms with Gasteiger partial charge >= 0.3 is 6.09 Å². The largest absolute Gasteiger partial charge is 0.450 e. The average molecular weight is 361 g/mol. The standard InChI is InChI=1S/C18H27N5O3/c1-2-26-18(25)23-11-9-14(10-12-23)19-16-8-7-15(21-22-16)17(24)20-13-5-3-4-6-13/h7-8,13-14H,2-6,9-12H2,1H3,(H,19,22)(H,20,24). The van der Waals surface area contributed by atoms with Gasteiger partial charge in [0.15, 0.2) is 5.69 Å². The highest BCUT2D eigenvalue weighted by Gasteiger charge is 2.24. The fourth-order valence-electron chi connectivity index (χ4n) is 3.49. The molecule has 26 heavy (non-hydrogen) atoms. The van der Waals surface area contributed by atoms with E-state index in [9.17, 15) is 9.59 Å². The molecule has 2 aliphatic rings. The van der Waals surface area contributed by atoms with E-state index < -0.39 is 0 Å². The quantitative estimate of drug-likeness (QED) is 0.834. The van der Waals surface area contributed by atoms with Crippen LogP contribution in [0.5, 0.6) is 0 Å². The van der Waals surface area contributed by atoms with Crippen molar-refractivity contribution >= 4 is 17.8 Å². The first-order chi connectivity index (χ1) is 12.7. The van der Waals surface area contributed by atoms with E-state index in [1.165, 1.54) is 12.8 Å². The Labute approximate surface area is 153 Å². The minimum Gasteiger partial charge on any atom is -0.450 e. The van der Waals surface area contributed by atoms with Gasteiger partial charge in [0.2, 0.25) is 0 Å². The summed E-state index contributed by atoms with van der Waals surface area (Å²) >= 11 is 0. The van der Waals surface area contributed by atoms with Crippen LogP contribution in [-0.2, 0) is 4.74 Å². The third-order valence-electron chi connectivity index (χ3n) is 4.96. The van der Waals surface area contributed by atoms with Crippen molar-refractivity contribution in [2.75, 3.05) is 25.0 Å². The molecule has 0 spiro atoms. The molecule has 142 valence electrons. The van der Waals surface area contributed by atoms with Crippen LogP contribution >= 0.6 is 0 Å². The minimum atomic E-state index is -0.247. The molecule has 0 bridgehead atoms. The Kier molecular flexibility index (Phi) is 6.25. The second-order valence-corrected chi connectivity index (χ2v) is 6.86. The summed E-state index contributed by atoms with van der Waals surface area (Å²) < 4.78 is 5.02. The summed E-state index contributed by atoms with van der Waals surface area (Å²) in [7, 11) is 0. The number of ether oxygens (including phenoxy) is 1. The van der Waals surface area contributed by atoms with E-state index in [1.54, 1.807) is 17.0 Å². The van der Waals surface area contributed by atoms with Gasteiger partial charge in [0.1, 0.15) is 5.82 Å². The molecule has 0 atom stereocenters. The van der Waals surface area contributed by atoms with Gasteiger partial charge in [-0.05, 0) is 44.7 Å². The number of amides is 2. The van der Waals surface area contributed by atoms with Crippen molar-refractivity contribution in [1.82, 2.24) is 20.4 Å². The SMILES string of the molecule is CCOC(=O)N1CCC(Nc2ccc(C(=O)NC3CCCC3)nn2)CC1. The van der Waals surface area contributed by atoms with E-state index in [4.69, 9.17) is 4.74 Å². The number of nitrogens with zero attached hydrogens (tertiary/aromatic N) is 3. The highest BCUT2D eigenvalue weighted by atomic mass is 16.6. The molecule has 2 fully saturated rings. The van der Waals surface area contributed by atoms with E-state index in [1.807, 2.05) is 6.92 Å². The van der Waals surface area contributed by atoms with Gasteiger partial charge in [-0.3, -0.25) is 4.79 Å². The minimum absolute atomic E-state index is 0.154. The number of piperidine rings is 1. The average Bonchev–Trinajstić information content (AvgIpc) is 3.16. The van der Waals surface area contributed by atoms with Crippen molar-refractivity contribution in [1.29, 1.82) is 0 Å². The smallest absolute Gasteiger partial charge is 0.409 e. The summed E-state index contributed by atoms with van der Waals surface area (Å²) in [5.74, 6) is 0.496. The Morgan fingerprint density at radius 3 is 2.46 bits per heavy atom. The zero-order valence-electron chi connectivity index (χ0n) is 15.2. The van der Waals surface area contributed by atoms with E-state index in [-0.39, 0.29) is 24.1 Å². The predicted octanol–water partition coefficient (Wildman–Crippen LogP) is 2.18. The lowest BCUT2D eigenvalue weighted by Crippen LogP contribution is -2.42. The van der Waals surface area contributed by atoms with E-state index in [2.05, 4.69) is 20.8 Å². The van der Waals surface area contributed by atoms with Gasteiger partial charge in [-0.15, -0.1) is 10.2 Å². The van der Waals surface area contributed by atoms with E-state index >= 15 is 0 Å². The lowest BCUT2D eigenvalue weighted by Gasteiger charge is -2.31. The Bertz CT molecular complexity index is 608. The van der Waals surface area contributed by atoms with E-state index in [0.717, 1.165) is 25.7 Å². The third kappa shape index (κ3) is 4.83. The fraction of sp³-hybridized carbons (Fsp3) is 0.667. The molecule has 0 aromatic carbocycles. The number of anilines is 1. The second kappa shape index (κ2) is 8.82. The van der Waals surface area contributed by atoms with Crippen LogP contribution in [0.15, 0.2) is 12.1 Å². The number of hydrogen-bond donors (Lipinski definition) is 2. The molecule has 1 aliphatic carbocycles. The highest BCUT2D eigenvalue weighted by Crippen LogP contribution is 2.18. The van der Waals surface area contributed by atoms with Crippen LogP contribution in [-0.4, -0.2) is 58.9 Å². The van der Waals surface area contributed by atoms with Gasteiger partial charge in [0.05, 0.1) is 6.61 Å². The Morgan fingerprint density at radius 2 is 1.85 bits per heavy atom. The molecule has 2 heterocycles. The monoisotopic (exact) mass is 361 g/mol.